The largest absolute Gasteiger partial charge is 0.393 e. The number of carbonyl (C=O) groups excluding carboxylic acids is 1. The van der Waals surface area contributed by atoms with Gasteiger partial charge >= 0.3 is 0 Å². The second-order valence-electron chi connectivity index (χ2n) is 36.1. The predicted molar refractivity (Wildman–Crippen MR) is 384 cm³/mol. The summed E-state index contributed by atoms with van der Waals surface area (Å²) in [6, 6.07) is 0. The molecule has 9 saturated carbocycles. The van der Waals surface area contributed by atoms with Crippen molar-refractivity contribution in [2.45, 2.75) is 266 Å². The Morgan fingerprint density at radius 1 is 0.372 bits per heavy atom. The van der Waals surface area contributed by atoms with Crippen LogP contribution in [0, 0.1) is 114 Å². The maximum atomic E-state index is 12.4. The summed E-state index contributed by atoms with van der Waals surface area (Å²) in [4.78, 5) is 29.8. The number of hydrogen-bond donors (Lipinski definition) is 4. The summed E-state index contributed by atoms with van der Waals surface area (Å²) >= 11 is 2.60. The van der Waals surface area contributed by atoms with Crippen molar-refractivity contribution in [3.63, 3.8) is 0 Å². The molecule has 2 aromatic rings. The lowest BCUT2D eigenvalue weighted by atomic mass is 9.47. The fourth-order valence-electron chi connectivity index (χ4n) is 26.7. The quantitative estimate of drug-likeness (QED) is 0.170. The molecule has 0 radical (unpaired) electrons. The first-order valence-corrected chi connectivity index (χ1v) is 39.4. The first kappa shape index (κ1) is 66.5. The molecule has 2 aromatic heterocycles. The van der Waals surface area contributed by atoms with Crippen molar-refractivity contribution in [2.24, 2.45) is 114 Å². The van der Waals surface area contributed by atoms with Gasteiger partial charge in [-0.05, 0) is 321 Å². The summed E-state index contributed by atoms with van der Waals surface area (Å²) < 4.78 is 1.63. The van der Waals surface area contributed by atoms with Crippen LogP contribution < -0.4 is 0 Å². The molecule has 0 amide bonds. The van der Waals surface area contributed by atoms with Gasteiger partial charge in [0.05, 0.1) is 36.3 Å². The molecule has 0 aromatic carbocycles. The Labute approximate surface area is 578 Å². The molecule has 94 heavy (non-hydrogen) atoms. The Morgan fingerprint density at radius 2 is 0.734 bits per heavy atom. The number of hydrogen-bond acceptors (Lipinski definition) is 9. The number of carbonyl (C=O) groups is 1. The minimum atomic E-state index is -0.122. The van der Waals surface area contributed by atoms with Crippen LogP contribution in [-0.4, -0.2) is 70.6 Å². The van der Waals surface area contributed by atoms with E-state index in [0.29, 0.717) is 44.7 Å². The molecule has 10 heteroatoms. The van der Waals surface area contributed by atoms with E-state index in [0.717, 1.165) is 161 Å². The Kier molecular flexibility index (Phi) is 17.5. The maximum Gasteiger partial charge on any atom is 0.139 e. The SMILES string of the molecule is C[C@]12CC[C@H](O)CC1=CCC1C2CC[C@]2(C)C(=O)CCC12.C[C@]12CC[C@H](O)CC1=CCC1C2CC[C@]2(C)C(I)=CCC12.C[C@]12CC[C@H](O)CC1=CCC1C2CC[C@]2(C)C(c3cnccn3)=CCC12.C[C@]12CC[C@H](O)CC1=CCC1C2CC[C@]2(C)C(c3cncnc3)=CCC12. The highest BCUT2D eigenvalue weighted by molar-refractivity contribution is 14.1. The standard InChI is InChI=1S/2C23H30N2O.C19H27IO.C19H28O2/c1-22-9-7-17(26)11-16(22)3-4-18-20-6-5-19(15-12-24-14-25-13-15)23(20,2)10-8-21(18)22;1-22-9-7-16(26)13-15(22)3-4-17-18-5-6-20(21-14-24-11-12-25-21)23(18,2)10-8-19(17)22;1-18-9-7-13(21)11-12(18)3-4-14-15-5-6-17(20)19(15,2)10-8-16(14)18;1-18-9-7-13(20)11-12(18)3-4-14-15-5-6-17(21)19(15,2)10-8-16(14)18/h3,5,12-14,17-18,20-21,26H,4,6-11H2,1-2H3;3,6,11-12,14,16-19,26H,4-5,7-10,13H2,1-2H3;3,6,13-16,21H,4-5,7-11H2,1-2H3;3,13-16,20H,4-11H2,1-2H3/t17-,18?,20?,21?,22-,23+;16-,17?,18?,19?,22-,23-;2*13-,14?,15?,16?,18-,19-/m0000/s1. The molecule has 12 unspecified atom stereocenters. The normalized spacial score (nSPS) is 48.1. The molecular weight excluding hydrogens is 1270 g/mol. The molecule has 24 atom stereocenters. The zero-order valence-corrected chi connectivity index (χ0v) is 60.8. The smallest absolute Gasteiger partial charge is 0.139 e. The van der Waals surface area contributed by atoms with Crippen LogP contribution in [0.5, 0.6) is 0 Å². The minimum Gasteiger partial charge on any atom is -0.393 e. The fourth-order valence-corrected chi connectivity index (χ4v) is 27.6. The highest BCUT2D eigenvalue weighted by Crippen LogP contribution is 2.71. The topological polar surface area (TPSA) is 150 Å². The molecular formula is C84H115IN4O5. The summed E-state index contributed by atoms with van der Waals surface area (Å²) in [6.07, 6.45) is 61.0. The predicted octanol–water partition coefficient (Wildman–Crippen LogP) is 18.7. The lowest BCUT2D eigenvalue weighted by Crippen LogP contribution is -2.50. The Morgan fingerprint density at radius 3 is 1.17 bits per heavy atom. The van der Waals surface area contributed by atoms with Crippen molar-refractivity contribution in [3.05, 3.63) is 117 Å². The van der Waals surface area contributed by atoms with E-state index < -0.39 is 0 Å². The van der Waals surface area contributed by atoms with Crippen molar-refractivity contribution < 1.29 is 25.2 Å². The third kappa shape index (κ3) is 10.6. The van der Waals surface area contributed by atoms with E-state index in [1.54, 1.807) is 32.8 Å². The van der Waals surface area contributed by atoms with Gasteiger partial charge in [0.25, 0.3) is 0 Å². The molecule has 16 aliphatic carbocycles. The fraction of sp³-hybridized carbons (Fsp3) is 0.726. The maximum absolute atomic E-state index is 12.4. The molecule has 0 saturated heterocycles. The van der Waals surface area contributed by atoms with Crippen molar-refractivity contribution in [3.8, 4) is 0 Å². The number of allylic oxidation sites excluding steroid dienone is 10. The number of aliphatic hydroxyl groups excluding tert-OH is 4. The lowest BCUT2D eigenvalue weighted by molar-refractivity contribution is -0.132. The van der Waals surface area contributed by atoms with E-state index in [1.807, 2.05) is 24.8 Å². The molecule has 16 aliphatic rings. The van der Waals surface area contributed by atoms with Gasteiger partial charge in [-0.25, -0.2) is 9.97 Å². The van der Waals surface area contributed by atoms with Gasteiger partial charge < -0.3 is 20.4 Å². The van der Waals surface area contributed by atoms with E-state index in [2.05, 4.69) is 140 Å². The van der Waals surface area contributed by atoms with E-state index in [4.69, 9.17) is 0 Å². The van der Waals surface area contributed by atoms with Gasteiger partial charge in [-0.2, -0.15) is 0 Å². The average Bonchev–Trinajstić information content (AvgIpc) is 1.46. The molecule has 508 valence electrons. The second kappa shape index (κ2) is 24.7. The molecule has 0 aliphatic heterocycles. The first-order chi connectivity index (χ1) is 44.9. The van der Waals surface area contributed by atoms with Gasteiger partial charge in [0.15, 0.2) is 0 Å². The molecule has 9 nitrogen and oxygen atoms in total. The van der Waals surface area contributed by atoms with Crippen LogP contribution in [0.15, 0.2) is 106 Å². The molecule has 4 N–H and O–H groups in total. The number of rotatable bonds is 2. The summed E-state index contributed by atoms with van der Waals surface area (Å²) in [7, 11) is 0. The summed E-state index contributed by atoms with van der Waals surface area (Å²) in [6.45, 7) is 19.7. The molecule has 2 heterocycles. The van der Waals surface area contributed by atoms with E-state index in [9.17, 15) is 25.2 Å². The van der Waals surface area contributed by atoms with Crippen LogP contribution >= 0.6 is 22.6 Å². The zero-order valence-electron chi connectivity index (χ0n) is 58.6. The first-order valence-electron chi connectivity index (χ1n) is 38.3. The van der Waals surface area contributed by atoms with Crippen LogP contribution in [0.3, 0.4) is 0 Å². The van der Waals surface area contributed by atoms with E-state index in [1.165, 1.54) is 112 Å². The summed E-state index contributed by atoms with van der Waals surface area (Å²) in [5.74, 6) is 9.76. The van der Waals surface area contributed by atoms with Gasteiger partial charge in [-0.3, -0.25) is 14.8 Å². The second-order valence-corrected chi connectivity index (χ2v) is 37.3. The number of halogens is 1. The zero-order chi connectivity index (χ0) is 65.5. The summed E-state index contributed by atoms with van der Waals surface area (Å²) in [5.41, 5.74) is 13.7. The Bertz CT molecular complexity index is 3330. The van der Waals surface area contributed by atoms with Crippen LogP contribution in [0.25, 0.3) is 11.1 Å². The van der Waals surface area contributed by atoms with Gasteiger partial charge in [0.1, 0.15) is 12.1 Å². The monoisotopic (exact) mass is 1390 g/mol. The third-order valence-corrected chi connectivity index (χ3v) is 34.1. The van der Waals surface area contributed by atoms with Crippen molar-refractivity contribution >= 4 is 39.5 Å². The van der Waals surface area contributed by atoms with Gasteiger partial charge in [-0.1, -0.05) is 120 Å². The van der Waals surface area contributed by atoms with Crippen molar-refractivity contribution in [1.82, 2.24) is 19.9 Å². The highest BCUT2D eigenvalue weighted by atomic mass is 127. The van der Waals surface area contributed by atoms with E-state index >= 15 is 0 Å². The van der Waals surface area contributed by atoms with Gasteiger partial charge in [0, 0.05) is 47.6 Å². The third-order valence-electron chi connectivity index (χ3n) is 32.4. The number of fused-ring (bicyclic) bond motifs is 20. The number of aromatic nitrogens is 4. The summed E-state index contributed by atoms with van der Waals surface area (Å²) in [5, 5.41) is 40.3. The highest BCUT2D eigenvalue weighted by Gasteiger charge is 2.62. The number of nitrogens with zero attached hydrogens (tertiary/aromatic N) is 4. The molecule has 9 fully saturated rings. The molecule has 0 spiro atoms. The van der Waals surface area contributed by atoms with Gasteiger partial charge in [-0.15, -0.1) is 0 Å². The number of ketones is 1. The Balaban J connectivity index is 0.000000104. The number of Topliss-reactive ketones (excluding diaryl/α,β-unsaturated/α-hetero) is 1. The van der Waals surface area contributed by atoms with Crippen molar-refractivity contribution in [2.75, 3.05) is 0 Å². The molecule has 18 rings (SSSR count). The number of aliphatic hydroxyl groups is 4. The molecule has 0 bridgehead atoms. The van der Waals surface area contributed by atoms with Crippen LogP contribution in [-0.2, 0) is 4.79 Å². The van der Waals surface area contributed by atoms with Crippen molar-refractivity contribution in [1.29, 1.82) is 0 Å². The van der Waals surface area contributed by atoms with Gasteiger partial charge in [0.2, 0.25) is 0 Å². The van der Waals surface area contributed by atoms with E-state index in [-0.39, 0.29) is 40.7 Å². The van der Waals surface area contributed by atoms with Crippen LogP contribution in [0.2, 0.25) is 0 Å². The Hall–Kier alpha value is -3.42. The van der Waals surface area contributed by atoms with Crippen LogP contribution in [0.1, 0.15) is 253 Å². The average molecular weight is 1390 g/mol. The van der Waals surface area contributed by atoms with Crippen LogP contribution in [0.4, 0.5) is 0 Å². The lowest BCUT2D eigenvalue weighted by Gasteiger charge is -2.57. The minimum absolute atomic E-state index is 0.0168.